The highest BCUT2D eigenvalue weighted by molar-refractivity contribution is 6.08. The Morgan fingerprint density at radius 3 is 2.29 bits per heavy atom. The third-order valence-corrected chi connectivity index (χ3v) is 0.742. The molecule has 0 saturated carbocycles. The summed E-state index contributed by atoms with van der Waals surface area (Å²) in [5.41, 5.74) is 0.440. The summed E-state index contributed by atoms with van der Waals surface area (Å²) in [6.07, 6.45) is 0. The van der Waals surface area contributed by atoms with Crippen molar-refractivity contribution in [2.75, 3.05) is 0 Å². The van der Waals surface area contributed by atoms with Crippen molar-refractivity contribution in [3.05, 3.63) is 12.2 Å². The van der Waals surface area contributed by atoms with Crippen molar-refractivity contribution in [1.29, 1.82) is 0 Å². The van der Waals surface area contributed by atoms with E-state index in [4.69, 9.17) is 0 Å². The molecular weight excluding hydrogens is 108 g/mol. The zero-order valence-electron chi connectivity index (χ0n) is 4.23. The van der Waals surface area contributed by atoms with Gasteiger partial charge in [-0.25, -0.2) is 4.79 Å². The predicted molar refractivity (Wildman–Crippen MR) is 29.4 cm³/mol. The zero-order valence-corrected chi connectivity index (χ0v) is 5.64. The molecule has 0 aliphatic heterocycles. The van der Waals surface area contributed by atoms with E-state index in [2.05, 4.69) is 11.0 Å². The smallest absolute Gasteiger partial charge is 0.319 e. The van der Waals surface area contributed by atoms with Crippen LogP contribution in [0.15, 0.2) is 12.2 Å². The van der Waals surface area contributed by atoms with E-state index in [1.165, 1.54) is 0 Å². The minimum Gasteiger partial charge on any atom is -0.522 e. The van der Waals surface area contributed by atoms with Crippen molar-refractivity contribution in [3.63, 3.8) is 0 Å². The Bertz CT molecular complexity index is 97.9. The molecule has 7 heavy (non-hydrogen) atoms. The first kappa shape index (κ1) is 6.43. The molecule has 0 amide bonds. The molecule has 0 rings (SSSR count). The molecule has 0 unspecified atom stereocenters. The minimum absolute atomic E-state index is 0.335. The largest absolute Gasteiger partial charge is 0.522 e. The fraction of sp³-hybridized carbons (Fsp3) is 0.250. The van der Waals surface area contributed by atoms with Gasteiger partial charge in [0.15, 0.2) is 0 Å². The van der Waals surface area contributed by atoms with Gasteiger partial charge in [0, 0.05) is 5.57 Å². The van der Waals surface area contributed by atoms with E-state index >= 15 is 0 Å². The van der Waals surface area contributed by atoms with Crippen molar-refractivity contribution >= 4 is 16.5 Å². The molecule has 2 nitrogen and oxygen atoms in total. The van der Waals surface area contributed by atoms with E-state index < -0.39 is 0 Å². The molecule has 1 radical (unpaired) electrons. The van der Waals surface area contributed by atoms with Gasteiger partial charge in [0.2, 0.25) is 10.5 Å². The molecule has 0 N–H and O–H groups in total. The number of hydrogen-bond donors (Lipinski definition) is 0. The van der Waals surface area contributed by atoms with Gasteiger partial charge in [-0.1, -0.05) is 6.58 Å². The summed E-state index contributed by atoms with van der Waals surface area (Å²) in [4.78, 5) is 10.2. The summed E-state index contributed by atoms with van der Waals surface area (Å²) in [6, 6.07) is 0. The molecule has 0 fully saturated rings. The van der Waals surface area contributed by atoms with Crippen LogP contribution in [0, 0.1) is 0 Å². The third kappa shape index (κ3) is 2.16. The number of carbonyl (C=O) groups excluding carboxylic acids is 1. The number of hydrogen-bond acceptors (Lipinski definition) is 2. The third-order valence-electron chi connectivity index (χ3n) is 0.480. The monoisotopic (exact) mass is 115 g/mol. The van der Waals surface area contributed by atoms with Crippen LogP contribution in [0.1, 0.15) is 6.92 Å². The number of rotatable bonds is 1. The highest BCUT2D eigenvalue weighted by Crippen LogP contribution is 1.86. The lowest BCUT2D eigenvalue weighted by atomic mass is 10.4. The Hall–Kier alpha value is -0.573. The lowest BCUT2D eigenvalue weighted by Crippen LogP contribution is -2.00. The number of carbonyl (C=O) groups is 1. The van der Waals surface area contributed by atoms with Gasteiger partial charge < -0.3 is 4.43 Å². The van der Waals surface area contributed by atoms with E-state index in [-0.39, 0.29) is 5.97 Å². The van der Waals surface area contributed by atoms with Gasteiger partial charge in [-0.2, -0.15) is 0 Å². The maximum absolute atomic E-state index is 10.2. The molecule has 0 aromatic carbocycles. The first-order valence-electron chi connectivity index (χ1n) is 1.80. The standard InChI is InChI=1S/C4H7O2Si/c1-3(2)4(5)6-7/h1,7H2,2H3. The maximum Gasteiger partial charge on any atom is 0.319 e. The second-order valence-corrected chi connectivity index (χ2v) is 1.50. The van der Waals surface area contributed by atoms with Crippen LogP contribution in [0.4, 0.5) is 0 Å². The molecular formula is C4H7O2Si. The fourth-order valence-corrected chi connectivity index (χ4v) is 0.370. The average Bonchev–Trinajstić information content (AvgIpc) is 1.65. The Balaban J connectivity index is 3.58. The molecule has 0 aliphatic carbocycles. The molecule has 0 aliphatic rings. The van der Waals surface area contributed by atoms with E-state index in [0.29, 0.717) is 5.57 Å². The summed E-state index contributed by atoms with van der Waals surface area (Å²) < 4.78 is 4.30. The van der Waals surface area contributed by atoms with Crippen molar-refractivity contribution in [1.82, 2.24) is 0 Å². The van der Waals surface area contributed by atoms with Crippen LogP contribution in [0.25, 0.3) is 0 Å². The van der Waals surface area contributed by atoms with Gasteiger partial charge in [-0.05, 0) is 6.92 Å². The van der Waals surface area contributed by atoms with Crippen LogP contribution >= 0.6 is 0 Å². The Kier molecular flexibility index (Phi) is 2.36. The van der Waals surface area contributed by atoms with Gasteiger partial charge in [0.1, 0.15) is 0 Å². The van der Waals surface area contributed by atoms with Crippen LogP contribution in [0.3, 0.4) is 0 Å². The highest BCUT2D eigenvalue weighted by atomic mass is 28.2. The molecule has 0 heterocycles. The van der Waals surface area contributed by atoms with Gasteiger partial charge in [0.05, 0.1) is 0 Å². The van der Waals surface area contributed by atoms with Crippen LogP contribution in [0.5, 0.6) is 0 Å². The van der Waals surface area contributed by atoms with Gasteiger partial charge in [-0.3, -0.25) is 0 Å². The average molecular weight is 115 g/mol. The summed E-state index contributed by atoms with van der Waals surface area (Å²) in [5, 5.41) is 0. The van der Waals surface area contributed by atoms with Crippen LogP contribution in [-0.2, 0) is 9.22 Å². The lowest BCUT2D eigenvalue weighted by molar-refractivity contribution is -0.129. The minimum atomic E-state index is -0.335. The quantitative estimate of drug-likeness (QED) is 0.345. The highest BCUT2D eigenvalue weighted by Gasteiger charge is 1.94. The normalized spacial score (nSPS) is 7.71. The SMILES string of the molecule is C=C(C)C(=O)O[SiH2]. The second kappa shape index (κ2) is 2.57. The lowest BCUT2D eigenvalue weighted by Gasteiger charge is -1.92. The van der Waals surface area contributed by atoms with Crippen molar-refractivity contribution < 1.29 is 9.22 Å². The van der Waals surface area contributed by atoms with Crippen LogP contribution in [-0.4, -0.2) is 16.5 Å². The van der Waals surface area contributed by atoms with Gasteiger partial charge in [0.25, 0.3) is 0 Å². The Morgan fingerprint density at radius 2 is 2.29 bits per heavy atom. The summed E-state index contributed by atoms with van der Waals surface area (Å²) in [6.45, 7) is 4.96. The molecule has 0 saturated heterocycles. The molecule has 0 atom stereocenters. The first-order valence-corrected chi connectivity index (χ1v) is 2.38. The fourth-order valence-electron chi connectivity index (χ4n) is 0.123. The summed E-state index contributed by atoms with van der Waals surface area (Å²) in [7, 11) is 1.16. The maximum atomic E-state index is 10.2. The van der Waals surface area contributed by atoms with Crippen LogP contribution < -0.4 is 0 Å². The first-order chi connectivity index (χ1) is 3.18. The Labute approximate surface area is 45.7 Å². The summed E-state index contributed by atoms with van der Waals surface area (Å²) in [5.74, 6) is -0.335. The van der Waals surface area contributed by atoms with Gasteiger partial charge >= 0.3 is 5.97 Å². The zero-order chi connectivity index (χ0) is 5.86. The molecule has 0 spiro atoms. The molecule has 0 bridgehead atoms. The van der Waals surface area contributed by atoms with Crippen molar-refractivity contribution in [2.24, 2.45) is 0 Å². The van der Waals surface area contributed by atoms with E-state index in [9.17, 15) is 4.79 Å². The van der Waals surface area contributed by atoms with Gasteiger partial charge in [-0.15, -0.1) is 0 Å². The van der Waals surface area contributed by atoms with Crippen molar-refractivity contribution in [2.45, 2.75) is 6.92 Å². The van der Waals surface area contributed by atoms with Crippen LogP contribution in [0.2, 0.25) is 0 Å². The van der Waals surface area contributed by atoms with E-state index in [0.717, 1.165) is 10.5 Å². The molecule has 0 aromatic rings. The second-order valence-electron chi connectivity index (χ2n) is 1.21. The van der Waals surface area contributed by atoms with E-state index in [1.54, 1.807) is 6.92 Å². The van der Waals surface area contributed by atoms with E-state index in [1.807, 2.05) is 0 Å². The molecule has 3 heteroatoms. The topological polar surface area (TPSA) is 26.3 Å². The Morgan fingerprint density at radius 1 is 1.86 bits per heavy atom. The predicted octanol–water partition coefficient (Wildman–Crippen LogP) is -0.346. The summed E-state index contributed by atoms with van der Waals surface area (Å²) >= 11 is 0. The molecule has 0 aromatic heterocycles. The molecule has 39 valence electrons. The van der Waals surface area contributed by atoms with Crippen molar-refractivity contribution in [3.8, 4) is 0 Å².